The summed E-state index contributed by atoms with van der Waals surface area (Å²) in [6, 6.07) is 8.30. The van der Waals surface area contributed by atoms with Crippen LogP contribution in [0.1, 0.15) is 18.1 Å². The van der Waals surface area contributed by atoms with E-state index >= 15 is 0 Å². The first kappa shape index (κ1) is 24.7. The summed E-state index contributed by atoms with van der Waals surface area (Å²) in [5.74, 6) is 1.67. The van der Waals surface area contributed by atoms with Crippen molar-refractivity contribution in [1.82, 2.24) is 15.6 Å². The van der Waals surface area contributed by atoms with E-state index in [-0.39, 0.29) is 36.3 Å². The summed E-state index contributed by atoms with van der Waals surface area (Å²) >= 11 is 0. The van der Waals surface area contributed by atoms with Crippen LogP contribution in [0.25, 0.3) is 0 Å². The summed E-state index contributed by atoms with van der Waals surface area (Å²) in [6.07, 6.45) is 1.65. The molecule has 0 atom stereocenters. The Morgan fingerprint density at radius 1 is 1.14 bits per heavy atom. The molecule has 0 radical (unpaired) electrons. The Morgan fingerprint density at radius 2 is 1.93 bits per heavy atom. The lowest BCUT2D eigenvalue weighted by molar-refractivity contribution is -0.0504. The number of rotatable bonds is 9. The van der Waals surface area contributed by atoms with E-state index in [0.29, 0.717) is 36.2 Å². The average molecular weight is 522 g/mol. The first-order valence-electron chi connectivity index (χ1n) is 8.68. The van der Waals surface area contributed by atoms with Gasteiger partial charge in [0.2, 0.25) is 5.88 Å². The molecule has 0 aliphatic rings. The second kappa shape index (κ2) is 13.0. The number of hydrogen-bond donors (Lipinski definition) is 2. The molecule has 0 amide bonds. The SMILES string of the molecule is CCNC(=NCc1ccnc(OC)c1)NCc1cc(OC)ccc1OC(F)F.I. The Morgan fingerprint density at radius 3 is 2.59 bits per heavy atom. The van der Waals surface area contributed by atoms with Gasteiger partial charge >= 0.3 is 6.61 Å². The molecule has 0 unspecified atom stereocenters. The number of nitrogens with zero attached hydrogens (tertiary/aromatic N) is 2. The second-order valence-electron chi connectivity index (χ2n) is 5.61. The minimum Gasteiger partial charge on any atom is -0.497 e. The van der Waals surface area contributed by atoms with E-state index in [4.69, 9.17) is 9.47 Å². The van der Waals surface area contributed by atoms with Crippen molar-refractivity contribution >= 4 is 29.9 Å². The molecular weight excluding hydrogens is 497 g/mol. The standard InChI is InChI=1S/C19H24F2N4O3.HI/c1-4-22-19(24-11-13-7-8-23-17(9-13)27-3)25-12-14-10-15(26-2)5-6-16(14)28-18(20)21;/h5-10,18H,4,11-12H2,1-3H3,(H2,22,24,25);1H. The van der Waals surface area contributed by atoms with Crippen molar-refractivity contribution in [1.29, 1.82) is 0 Å². The molecule has 160 valence electrons. The molecule has 1 aromatic carbocycles. The zero-order valence-electron chi connectivity index (χ0n) is 16.4. The Bertz CT molecular complexity index is 794. The van der Waals surface area contributed by atoms with Crippen LogP contribution in [-0.4, -0.2) is 38.3 Å². The quantitative estimate of drug-likeness (QED) is 0.298. The molecule has 0 saturated carbocycles. The molecule has 1 aromatic heterocycles. The van der Waals surface area contributed by atoms with Crippen LogP contribution in [0.2, 0.25) is 0 Å². The number of aliphatic imine (C=N–C) groups is 1. The second-order valence-corrected chi connectivity index (χ2v) is 5.61. The van der Waals surface area contributed by atoms with Gasteiger partial charge < -0.3 is 24.8 Å². The van der Waals surface area contributed by atoms with Crippen molar-refractivity contribution < 1.29 is 23.0 Å². The van der Waals surface area contributed by atoms with E-state index < -0.39 is 6.61 Å². The number of aromatic nitrogens is 1. The van der Waals surface area contributed by atoms with Crippen LogP contribution in [0.4, 0.5) is 8.78 Å². The molecule has 0 saturated heterocycles. The topological polar surface area (TPSA) is 77.0 Å². The minimum absolute atomic E-state index is 0. The lowest BCUT2D eigenvalue weighted by Crippen LogP contribution is -2.36. The normalized spacial score (nSPS) is 10.9. The molecule has 1 heterocycles. The first-order valence-corrected chi connectivity index (χ1v) is 8.68. The van der Waals surface area contributed by atoms with Crippen LogP contribution < -0.4 is 24.8 Å². The van der Waals surface area contributed by atoms with Crippen molar-refractivity contribution in [3.8, 4) is 17.4 Å². The van der Waals surface area contributed by atoms with Gasteiger partial charge in [0, 0.05) is 30.9 Å². The van der Waals surface area contributed by atoms with Crippen LogP contribution in [0, 0.1) is 0 Å². The van der Waals surface area contributed by atoms with Gasteiger partial charge in [0.05, 0.1) is 20.8 Å². The molecule has 2 N–H and O–H groups in total. The van der Waals surface area contributed by atoms with E-state index in [0.717, 1.165) is 5.56 Å². The smallest absolute Gasteiger partial charge is 0.387 e. The van der Waals surface area contributed by atoms with Crippen molar-refractivity contribution in [3.63, 3.8) is 0 Å². The van der Waals surface area contributed by atoms with Crippen molar-refractivity contribution in [2.45, 2.75) is 26.6 Å². The number of halogens is 3. The number of alkyl halides is 2. The number of ether oxygens (including phenoxy) is 3. The third kappa shape index (κ3) is 8.26. The van der Waals surface area contributed by atoms with Gasteiger partial charge in [-0.05, 0) is 36.8 Å². The molecule has 0 fully saturated rings. The molecule has 2 rings (SSSR count). The summed E-state index contributed by atoms with van der Waals surface area (Å²) in [6.45, 7) is 0.293. The number of nitrogens with one attached hydrogen (secondary N) is 2. The molecule has 0 bridgehead atoms. The molecule has 0 spiro atoms. The maximum Gasteiger partial charge on any atom is 0.387 e. The zero-order valence-corrected chi connectivity index (χ0v) is 18.8. The Labute approximate surface area is 185 Å². The van der Waals surface area contributed by atoms with Gasteiger partial charge in [-0.1, -0.05) is 0 Å². The van der Waals surface area contributed by atoms with E-state index in [9.17, 15) is 8.78 Å². The fourth-order valence-electron chi connectivity index (χ4n) is 2.38. The number of benzene rings is 1. The summed E-state index contributed by atoms with van der Waals surface area (Å²) < 4.78 is 40.1. The van der Waals surface area contributed by atoms with Crippen LogP contribution >= 0.6 is 24.0 Å². The number of pyridine rings is 1. The van der Waals surface area contributed by atoms with Gasteiger partial charge in [-0.25, -0.2) is 9.98 Å². The molecule has 10 heteroatoms. The average Bonchev–Trinajstić information content (AvgIpc) is 2.70. The summed E-state index contributed by atoms with van der Waals surface area (Å²) in [7, 11) is 3.06. The van der Waals surface area contributed by atoms with Crippen LogP contribution in [0.3, 0.4) is 0 Å². The molecule has 29 heavy (non-hydrogen) atoms. The summed E-state index contributed by atoms with van der Waals surface area (Å²) in [5, 5.41) is 6.22. The van der Waals surface area contributed by atoms with Crippen molar-refractivity contribution in [2.24, 2.45) is 4.99 Å². The lowest BCUT2D eigenvalue weighted by atomic mass is 10.2. The maximum absolute atomic E-state index is 12.6. The molecule has 0 aliphatic carbocycles. The Balaban J connectivity index is 0.00000420. The predicted molar refractivity (Wildman–Crippen MR) is 117 cm³/mol. The van der Waals surface area contributed by atoms with Gasteiger partial charge in [0.25, 0.3) is 0 Å². The van der Waals surface area contributed by atoms with Crippen LogP contribution in [0.15, 0.2) is 41.5 Å². The monoisotopic (exact) mass is 522 g/mol. The Hall–Kier alpha value is -2.37. The van der Waals surface area contributed by atoms with Gasteiger partial charge in [0.1, 0.15) is 11.5 Å². The predicted octanol–water partition coefficient (Wildman–Crippen LogP) is 3.57. The first-order chi connectivity index (χ1) is 13.5. The largest absolute Gasteiger partial charge is 0.497 e. The number of hydrogen-bond acceptors (Lipinski definition) is 5. The summed E-state index contributed by atoms with van der Waals surface area (Å²) in [5.41, 5.74) is 1.45. The van der Waals surface area contributed by atoms with Gasteiger partial charge in [-0.15, -0.1) is 24.0 Å². The third-order valence-corrected chi connectivity index (χ3v) is 3.70. The van der Waals surface area contributed by atoms with E-state index in [1.807, 2.05) is 13.0 Å². The fraction of sp³-hybridized carbons (Fsp3) is 0.368. The van der Waals surface area contributed by atoms with Crippen molar-refractivity contribution in [2.75, 3.05) is 20.8 Å². The molecule has 7 nitrogen and oxygen atoms in total. The van der Waals surface area contributed by atoms with Crippen LogP contribution in [-0.2, 0) is 13.1 Å². The van der Waals surface area contributed by atoms with E-state index in [2.05, 4.69) is 25.3 Å². The van der Waals surface area contributed by atoms with Gasteiger partial charge in [-0.2, -0.15) is 8.78 Å². The minimum atomic E-state index is -2.91. The highest BCUT2D eigenvalue weighted by atomic mass is 127. The van der Waals surface area contributed by atoms with E-state index in [1.165, 1.54) is 13.2 Å². The lowest BCUT2D eigenvalue weighted by Gasteiger charge is -2.15. The molecular formula is C19H25F2IN4O3. The zero-order chi connectivity index (χ0) is 20.4. The molecule has 2 aromatic rings. The van der Waals surface area contributed by atoms with E-state index in [1.54, 1.807) is 31.5 Å². The van der Waals surface area contributed by atoms with Crippen molar-refractivity contribution in [3.05, 3.63) is 47.7 Å². The fourth-order valence-corrected chi connectivity index (χ4v) is 2.38. The molecule has 0 aliphatic heterocycles. The summed E-state index contributed by atoms with van der Waals surface area (Å²) in [4.78, 5) is 8.56. The highest BCUT2D eigenvalue weighted by Gasteiger charge is 2.11. The van der Waals surface area contributed by atoms with Gasteiger partial charge in [0.15, 0.2) is 5.96 Å². The highest BCUT2D eigenvalue weighted by molar-refractivity contribution is 14.0. The Kier molecular flexibility index (Phi) is 11.0. The number of guanidine groups is 1. The highest BCUT2D eigenvalue weighted by Crippen LogP contribution is 2.25. The third-order valence-electron chi connectivity index (χ3n) is 3.70. The maximum atomic E-state index is 12.6. The van der Waals surface area contributed by atoms with Crippen LogP contribution in [0.5, 0.6) is 17.4 Å². The van der Waals surface area contributed by atoms with Gasteiger partial charge in [-0.3, -0.25) is 0 Å². The number of methoxy groups -OCH3 is 2.